The molecular formula is C18H25N3O5S. The van der Waals surface area contributed by atoms with Crippen molar-refractivity contribution in [2.24, 2.45) is 5.92 Å². The molecule has 0 radical (unpaired) electrons. The first-order valence-corrected chi connectivity index (χ1v) is 10.1. The van der Waals surface area contributed by atoms with Crippen molar-refractivity contribution < 1.29 is 24.2 Å². The number of ether oxygens (including phenoxy) is 1. The molecular weight excluding hydrogens is 370 g/mol. The summed E-state index contributed by atoms with van der Waals surface area (Å²) in [5.41, 5.74) is 0.348. The topological polar surface area (TPSA) is 108 Å². The maximum absolute atomic E-state index is 12.2. The lowest BCUT2D eigenvalue weighted by atomic mass is 9.85. The lowest BCUT2D eigenvalue weighted by Crippen LogP contribution is -2.55. The van der Waals surface area contributed by atoms with Gasteiger partial charge in [0.2, 0.25) is 0 Å². The summed E-state index contributed by atoms with van der Waals surface area (Å²) < 4.78 is 4.97. The Morgan fingerprint density at radius 2 is 2.07 bits per heavy atom. The minimum Gasteiger partial charge on any atom is -0.480 e. The van der Waals surface area contributed by atoms with E-state index in [2.05, 4.69) is 10.6 Å². The Labute approximate surface area is 161 Å². The molecule has 0 bridgehead atoms. The van der Waals surface area contributed by atoms with E-state index in [4.69, 9.17) is 9.84 Å². The third-order valence-electron chi connectivity index (χ3n) is 4.88. The second-order valence-corrected chi connectivity index (χ2v) is 7.99. The number of esters is 1. The molecule has 8 nitrogen and oxygen atoms in total. The van der Waals surface area contributed by atoms with Crippen molar-refractivity contribution in [3.05, 3.63) is 17.0 Å². The number of nitrogens with one attached hydrogen (secondary N) is 2. The van der Waals surface area contributed by atoms with Crippen LogP contribution in [-0.2, 0) is 9.53 Å². The average Bonchev–Trinajstić information content (AvgIpc) is 3.25. The van der Waals surface area contributed by atoms with Crippen molar-refractivity contribution in [2.75, 3.05) is 25.0 Å². The van der Waals surface area contributed by atoms with Gasteiger partial charge in [-0.2, -0.15) is 0 Å². The standard InChI is InChI=1S/C18H25N3O5S/c1-2-26-17(24)14-5-6-27-16(14)20-18(25)19-12-7-13(8-12)21(10-15(22)23)9-11-3-4-11/h5-6,11-13H,2-4,7-10H2,1H3,(H,22,23)(H2,19,20,25). The monoisotopic (exact) mass is 395 g/mol. The summed E-state index contributed by atoms with van der Waals surface area (Å²) in [5.74, 6) is -0.643. The maximum atomic E-state index is 12.2. The molecule has 0 spiro atoms. The second kappa shape index (κ2) is 8.71. The summed E-state index contributed by atoms with van der Waals surface area (Å²) in [6.45, 7) is 2.89. The Morgan fingerprint density at radius 1 is 1.33 bits per heavy atom. The molecule has 0 saturated heterocycles. The van der Waals surface area contributed by atoms with Gasteiger partial charge in [-0.25, -0.2) is 9.59 Å². The van der Waals surface area contributed by atoms with Gasteiger partial charge in [0.1, 0.15) is 5.00 Å². The van der Waals surface area contributed by atoms with Crippen molar-refractivity contribution in [1.29, 1.82) is 0 Å². The number of hydrogen-bond acceptors (Lipinski definition) is 6. The summed E-state index contributed by atoms with van der Waals surface area (Å²) >= 11 is 1.26. The van der Waals surface area contributed by atoms with Gasteiger partial charge < -0.3 is 15.2 Å². The van der Waals surface area contributed by atoms with E-state index in [1.165, 1.54) is 24.2 Å². The summed E-state index contributed by atoms with van der Waals surface area (Å²) in [4.78, 5) is 37.2. The van der Waals surface area contributed by atoms with E-state index in [0.717, 1.165) is 19.4 Å². The van der Waals surface area contributed by atoms with Gasteiger partial charge in [0.15, 0.2) is 0 Å². The molecule has 1 heterocycles. The van der Waals surface area contributed by atoms with Crippen molar-refractivity contribution in [3.8, 4) is 0 Å². The molecule has 0 unspecified atom stereocenters. The third kappa shape index (κ3) is 5.43. The zero-order chi connectivity index (χ0) is 19.4. The first kappa shape index (κ1) is 19.6. The van der Waals surface area contributed by atoms with Crippen LogP contribution in [0.1, 0.15) is 43.0 Å². The lowest BCUT2D eigenvalue weighted by molar-refractivity contribution is -0.139. The van der Waals surface area contributed by atoms with E-state index in [1.54, 1.807) is 18.4 Å². The van der Waals surface area contributed by atoms with Gasteiger partial charge in [0.25, 0.3) is 0 Å². The molecule has 0 atom stereocenters. The number of rotatable bonds is 9. The van der Waals surface area contributed by atoms with Crippen molar-refractivity contribution in [1.82, 2.24) is 10.2 Å². The van der Waals surface area contributed by atoms with Gasteiger partial charge in [0, 0.05) is 18.6 Å². The van der Waals surface area contributed by atoms with Crippen LogP contribution in [0.2, 0.25) is 0 Å². The molecule has 1 aromatic rings. The maximum Gasteiger partial charge on any atom is 0.341 e. The van der Waals surface area contributed by atoms with Gasteiger partial charge in [-0.05, 0) is 50.0 Å². The van der Waals surface area contributed by atoms with Crippen LogP contribution in [-0.4, -0.2) is 59.8 Å². The predicted octanol–water partition coefficient (Wildman–Crippen LogP) is 2.37. The minimum atomic E-state index is -0.811. The molecule has 2 fully saturated rings. The molecule has 0 aromatic carbocycles. The molecule has 2 aliphatic carbocycles. The van der Waals surface area contributed by atoms with Crippen molar-refractivity contribution in [3.63, 3.8) is 0 Å². The van der Waals surface area contributed by atoms with Gasteiger partial charge in [0.05, 0.1) is 18.7 Å². The predicted molar refractivity (Wildman–Crippen MR) is 101 cm³/mol. The first-order valence-electron chi connectivity index (χ1n) is 9.24. The van der Waals surface area contributed by atoms with Gasteiger partial charge in [-0.3, -0.25) is 15.0 Å². The molecule has 2 saturated carbocycles. The smallest absolute Gasteiger partial charge is 0.341 e. The molecule has 2 amide bonds. The van der Waals surface area contributed by atoms with E-state index >= 15 is 0 Å². The fourth-order valence-corrected chi connectivity index (χ4v) is 4.02. The SMILES string of the molecule is CCOC(=O)c1ccsc1NC(=O)NC1CC(N(CC(=O)O)CC2CC2)C1. The number of carbonyl (C=O) groups excluding carboxylic acids is 2. The van der Waals surface area contributed by atoms with Crippen LogP contribution in [0.25, 0.3) is 0 Å². The highest BCUT2D eigenvalue weighted by atomic mass is 32.1. The number of carboxylic acid groups (broad SMARTS) is 1. The van der Waals surface area contributed by atoms with Crippen LogP contribution in [0, 0.1) is 5.92 Å². The Hall–Kier alpha value is -2.13. The summed E-state index contributed by atoms with van der Waals surface area (Å²) in [7, 11) is 0. The Bertz CT molecular complexity index is 697. The zero-order valence-electron chi connectivity index (χ0n) is 15.3. The number of amides is 2. The third-order valence-corrected chi connectivity index (χ3v) is 5.71. The van der Waals surface area contributed by atoms with Crippen LogP contribution in [0.5, 0.6) is 0 Å². The summed E-state index contributed by atoms with van der Waals surface area (Å²) in [5, 5.41) is 16.9. The largest absolute Gasteiger partial charge is 0.480 e. The average molecular weight is 395 g/mol. The van der Waals surface area contributed by atoms with Gasteiger partial charge in [-0.1, -0.05) is 0 Å². The highest BCUT2D eigenvalue weighted by Crippen LogP contribution is 2.34. The second-order valence-electron chi connectivity index (χ2n) is 7.07. The van der Waals surface area contributed by atoms with Crippen LogP contribution < -0.4 is 10.6 Å². The van der Waals surface area contributed by atoms with E-state index in [1.807, 2.05) is 4.90 Å². The van der Waals surface area contributed by atoms with Crippen molar-refractivity contribution >= 4 is 34.3 Å². The molecule has 1 aromatic heterocycles. The van der Waals surface area contributed by atoms with Crippen molar-refractivity contribution in [2.45, 2.75) is 44.7 Å². The Kier molecular flexibility index (Phi) is 6.33. The first-order chi connectivity index (χ1) is 13.0. The molecule has 148 valence electrons. The van der Waals surface area contributed by atoms with Crippen LogP contribution in [0.3, 0.4) is 0 Å². The molecule has 3 N–H and O–H groups in total. The number of aliphatic carboxylic acids is 1. The fourth-order valence-electron chi connectivity index (χ4n) is 3.25. The number of urea groups is 1. The van der Waals surface area contributed by atoms with Crippen LogP contribution >= 0.6 is 11.3 Å². The fraction of sp³-hybridized carbons (Fsp3) is 0.611. The number of hydrogen-bond donors (Lipinski definition) is 3. The number of thiophene rings is 1. The Balaban J connectivity index is 1.45. The molecule has 0 aliphatic heterocycles. The van der Waals surface area contributed by atoms with E-state index in [9.17, 15) is 14.4 Å². The lowest BCUT2D eigenvalue weighted by Gasteiger charge is -2.42. The molecule has 3 rings (SSSR count). The van der Waals surface area contributed by atoms with E-state index < -0.39 is 11.9 Å². The van der Waals surface area contributed by atoms with Gasteiger partial charge in [-0.15, -0.1) is 11.3 Å². The molecule has 2 aliphatic rings. The highest BCUT2D eigenvalue weighted by Gasteiger charge is 2.37. The normalized spacial score (nSPS) is 21.4. The zero-order valence-corrected chi connectivity index (χ0v) is 16.1. The number of carboxylic acids is 1. The summed E-state index contributed by atoms with van der Waals surface area (Å²) in [6.07, 6.45) is 3.83. The van der Waals surface area contributed by atoms with E-state index in [-0.39, 0.29) is 31.3 Å². The minimum absolute atomic E-state index is 0.0107. The number of anilines is 1. The Morgan fingerprint density at radius 3 is 2.70 bits per heavy atom. The number of carbonyl (C=O) groups is 3. The molecule has 9 heteroatoms. The van der Waals surface area contributed by atoms with Gasteiger partial charge >= 0.3 is 18.0 Å². The highest BCUT2D eigenvalue weighted by molar-refractivity contribution is 7.14. The van der Waals surface area contributed by atoms with Crippen LogP contribution in [0.15, 0.2) is 11.4 Å². The quantitative estimate of drug-likeness (QED) is 0.554. The van der Waals surface area contributed by atoms with Crippen LogP contribution in [0.4, 0.5) is 9.80 Å². The van der Waals surface area contributed by atoms with E-state index in [0.29, 0.717) is 16.5 Å². The number of nitrogens with zero attached hydrogens (tertiary/aromatic N) is 1. The molecule has 27 heavy (non-hydrogen) atoms. The summed E-state index contributed by atoms with van der Waals surface area (Å²) in [6, 6.07) is 1.47.